The Kier molecular flexibility index (Phi) is 16.8. The van der Waals surface area contributed by atoms with Crippen LogP contribution in [0.1, 0.15) is 92.9 Å². The Morgan fingerprint density at radius 2 is 1.92 bits per heavy atom. The van der Waals surface area contributed by atoms with E-state index in [4.69, 9.17) is 18.9 Å². The lowest BCUT2D eigenvalue weighted by Crippen LogP contribution is -2.58. The minimum atomic E-state index is -1.32. The Balaban J connectivity index is 1.75. The van der Waals surface area contributed by atoms with Crippen molar-refractivity contribution in [3.05, 3.63) is 84.6 Å². The van der Waals surface area contributed by atoms with Gasteiger partial charge < -0.3 is 34.3 Å². The van der Waals surface area contributed by atoms with Crippen molar-refractivity contribution in [1.29, 1.82) is 0 Å². The molecule has 0 unspecified atom stereocenters. The van der Waals surface area contributed by atoms with Crippen molar-refractivity contribution in [2.24, 2.45) is 17.3 Å². The van der Waals surface area contributed by atoms with E-state index in [1.54, 1.807) is 18.2 Å². The van der Waals surface area contributed by atoms with Crippen molar-refractivity contribution in [3.8, 4) is 0 Å². The smallest absolute Gasteiger partial charge is 0.335 e. The molecular formula is C42H62O9. The average molecular weight is 711 g/mol. The fourth-order valence-corrected chi connectivity index (χ4v) is 6.53. The molecule has 0 aromatic heterocycles. The van der Waals surface area contributed by atoms with Gasteiger partial charge in [-0.05, 0) is 57.4 Å². The zero-order chi connectivity index (χ0) is 37.6. The largest absolute Gasteiger partial charge is 0.459 e. The monoisotopic (exact) mass is 710 g/mol. The van der Waals surface area contributed by atoms with Crippen LogP contribution in [0.2, 0.25) is 0 Å². The van der Waals surface area contributed by atoms with Crippen LogP contribution < -0.4 is 0 Å². The van der Waals surface area contributed by atoms with Crippen molar-refractivity contribution in [3.63, 3.8) is 0 Å². The molecule has 51 heavy (non-hydrogen) atoms. The minimum absolute atomic E-state index is 0.0264. The van der Waals surface area contributed by atoms with Gasteiger partial charge in [-0.3, -0.25) is 0 Å². The highest BCUT2D eigenvalue weighted by molar-refractivity contribution is 5.82. The van der Waals surface area contributed by atoms with Crippen molar-refractivity contribution in [1.82, 2.24) is 0 Å². The molecule has 3 aliphatic rings. The topological polar surface area (TPSA) is 132 Å². The SMILES string of the molecule is C=C(CCC(C)C)COC(=O)[C@@H](O)C/C=C\C[C@H]1O[C@@]2(C)/C=C/C/C=C/C(C)=C\[C@@H]3O[C@H](C/C=C/C=C/C(=O)O[C@@H](C2)[C@]1(C)CO)C[C@@H](O)[C@@H]3C. The van der Waals surface area contributed by atoms with E-state index in [0.29, 0.717) is 38.0 Å². The van der Waals surface area contributed by atoms with E-state index in [1.807, 2.05) is 58.1 Å². The molecule has 4 bridgehead atoms. The zero-order valence-corrected chi connectivity index (χ0v) is 31.5. The molecule has 3 aliphatic heterocycles. The number of hydrogen-bond acceptors (Lipinski definition) is 9. The Morgan fingerprint density at radius 1 is 1.16 bits per heavy atom. The van der Waals surface area contributed by atoms with Crippen molar-refractivity contribution in [2.45, 2.75) is 135 Å². The Labute approximate surface area is 305 Å². The summed E-state index contributed by atoms with van der Waals surface area (Å²) >= 11 is 0. The standard InChI is InChI=1S/C42H62O9/c1-29(2)21-22-31(4)27-48-40(47)34(44)18-13-14-19-37-42(7,28-43)38-26-41(6,51-37)23-15-9-10-16-30(3)24-36-32(5)35(45)25-33(49-36)17-11-8-12-20-39(46)50-38/h8,10-16,20,23-24,29,32-38,43-45H,4,9,17-19,21-22,25-28H2,1-3,5-7H3/b11-8+,14-13-,16-10+,20-12+,23-15+,30-24-/t32-,33+,34-,35+,36-,37+,38-,41-,42+/m0/s1. The van der Waals surface area contributed by atoms with Crippen LogP contribution >= 0.6 is 0 Å². The molecule has 0 aromatic rings. The molecule has 0 amide bonds. The number of carbonyl (C=O) groups is 2. The maximum absolute atomic E-state index is 13.1. The van der Waals surface area contributed by atoms with E-state index in [2.05, 4.69) is 32.6 Å². The van der Waals surface area contributed by atoms with Gasteiger partial charge in [0.2, 0.25) is 0 Å². The average Bonchev–Trinajstić information content (AvgIpc) is 3.07. The lowest BCUT2D eigenvalue weighted by Gasteiger charge is -2.51. The minimum Gasteiger partial charge on any atom is -0.459 e. The highest BCUT2D eigenvalue weighted by atomic mass is 16.6. The predicted molar refractivity (Wildman–Crippen MR) is 200 cm³/mol. The number of carbonyl (C=O) groups excluding carboxylic acids is 2. The molecule has 0 saturated carbocycles. The van der Waals surface area contributed by atoms with E-state index < -0.39 is 47.4 Å². The second-order valence-corrected chi connectivity index (χ2v) is 15.3. The second-order valence-electron chi connectivity index (χ2n) is 15.3. The summed E-state index contributed by atoms with van der Waals surface area (Å²) in [4.78, 5) is 25.4. The van der Waals surface area contributed by atoms with Crippen LogP contribution in [-0.4, -0.2) is 82.7 Å². The normalized spacial score (nSPS) is 36.3. The molecule has 0 aromatic carbocycles. The van der Waals surface area contributed by atoms with Gasteiger partial charge >= 0.3 is 11.9 Å². The van der Waals surface area contributed by atoms with Gasteiger partial charge in [-0.2, -0.15) is 0 Å². The quantitative estimate of drug-likeness (QED) is 0.157. The van der Waals surface area contributed by atoms with E-state index in [-0.39, 0.29) is 37.8 Å². The van der Waals surface area contributed by atoms with Crippen LogP contribution in [0.15, 0.2) is 84.6 Å². The van der Waals surface area contributed by atoms with E-state index in [0.717, 1.165) is 24.0 Å². The van der Waals surface area contributed by atoms with Crippen LogP contribution in [0, 0.1) is 17.3 Å². The first-order valence-corrected chi connectivity index (χ1v) is 18.5. The third kappa shape index (κ3) is 13.4. The summed E-state index contributed by atoms with van der Waals surface area (Å²) in [5.41, 5.74) is 0.118. The lowest BCUT2D eigenvalue weighted by molar-refractivity contribution is -0.223. The third-order valence-electron chi connectivity index (χ3n) is 10.1. The number of esters is 2. The fourth-order valence-electron chi connectivity index (χ4n) is 6.53. The zero-order valence-electron chi connectivity index (χ0n) is 31.5. The molecule has 3 N–H and O–H groups in total. The first kappa shape index (κ1) is 42.3. The third-order valence-corrected chi connectivity index (χ3v) is 10.1. The number of hydrogen-bond donors (Lipinski definition) is 3. The molecule has 9 nitrogen and oxygen atoms in total. The van der Waals surface area contributed by atoms with Crippen molar-refractivity contribution < 1.29 is 43.9 Å². The van der Waals surface area contributed by atoms with Gasteiger partial charge in [0.05, 0.1) is 42.0 Å². The van der Waals surface area contributed by atoms with Gasteiger partial charge in [0.25, 0.3) is 0 Å². The first-order chi connectivity index (χ1) is 24.2. The molecule has 3 heterocycles. The van der Waals surface area contributed by atoms with E-state index in [9.17, 15) is 24.9 Å². The fraction of sp³-hybridized carbons (Fsp3) is 0.619. The molecule has 0 spiro atoms. The van der Waals surface area contributed by atoms with Crippen LogP contribution in [0.5, 0.6) is 0 Å². The summed E-state index contributed by atoms with van der Waals surface area (Å²) in [6.45, 7) is 15.8. The number of aliphatic hydroxyl groups is 3. The van der Waals surface area contributed by atoms with Crippen molar-refractivity contribution >= 4 is 11.9 Å². The molecule has 284 valence electrons. The number of aliphatic hydroxyl groups excluding tert-OH is 3. The molecule has 2 fully saturated rings. The molecule has 2 saturated heterocycles. The van der Waals surface area contributed by atoms with Crippen LogP contribution in [0.25, 0.3) is 0 Å². The van der Waals surface area contributed by atoms with Crippen molar-refractivity contribution in [2.75, 3.05) is 13.2 Å². The summed E-state index contributed by atoms with van der Waals surface area (Å²) in [5, 5.41) is 31.7. The Bertz CT molecular complexity index is 1340. The first-order valence-electron chi connectivity index (χ1n) is 18.5. The van der Waals surface area contributed by atoms with E-state index in [1.165, 1.54) is 6.08 Å². The van der Waals surface area contributed by atoms with Crippen LogP contribution in [0.3, 0.4) is 0 Å². The Morgan fingerprint density at radius 3 is 2.65 bits per heavy atom. The predicted octanol–water partition coefficient (Wildman–Crippen LogP) is 6.80. The molecule has 0 aliphatic carbocycles. The van der Waals surface area contributed by atoms with Gasteiger partial charge in [-0.1, -0.05) is 101 Å². The number of allylic oxidation sites excluding steroid dienone is 6. The van der Waals surface area contributed by atoms with Crippen LogP contribution in [-0.2, 0) is 28.5 Å². The Hall–Kier alpha value is -3.08. The van der Waals surface area contributed by atoms with E-state index >= 15 is 0 Å². The maximum atomic E-state index is 13.1. The molecule has 9 heteroatoms. The highest BCUT2D eigenvalue weighted by Gasteiger charge is 2.52. The highest BCUT2D eigenvalue weighted by Crippen LogP contribution is 2.45. The molecule has 0 radical (unpaired) electrons. The summed E-state index contributed by atoms with van der Waals surface area (Å²) in [6.07, 6.45) is 21.2. The van der Waals surface area contributed by atoms with Gasteiger partial charge in [0.1, 0.15) is 12.7 Å². The van der Waals surface area contributed by atoms with Crippen LogP contribution in [0.4, 0.5) is 0 Å². The summed E-state index contributed by atoms with van der Waals surface area (Å²) < 4.78 is 24.2. The summed E-state index contributed by atoms with van der Waals surface area (Å²) in [7, 11) is 0. The maximum Gasteiger partial charge on any atom is 0.335 e. The molecule has 9 atom stereocenters. The number of ether oxygens (including phenoxy) is 4. The molecule has 3 rings (SSSR count). The van der Waals surface area contributed by atoms with Gasteiger partial charge in [0.15, 0.2) is 6.10 Å². The lowest BCUT2D eigenvalue weighted by atomic mass is 9.71. The van der Waals surface area contributed by atoms with Gasteiger partial charge in [-0.15, -0.1) is 0 Å². The summed E-state index contributed by atoms with van der Waals surface area (Å²) in [6, 6.07) is 0. The molecular weight excluding hydrogens is 648 g/mol. The number of rotatable bonds is 11. The van der Waals surface area contributed by atoms with Gasteiger partial charge in [-0.25, -0.2) is 9.59 Å². The summed E-state index contributed by atoms with van der Waals surface area (Å²) in [5.74, 6) is -0.735. The second kappa shape index (κ2) is 20.2. The number of fused-ring (bicyclic) bond motifs is 4. The van der Waals surface area contributed by atoms with Gasteiger partial charge in [0, 0.05) is 31.3 Å².